The lowest BCUT2D eigenvalue weighted by Gasteiger charge is -2.01. The summed E-state index contributed by atoms with van der Waals surface area (Å²) in [7, 11) is -3.54. The quantitative estimate of drug-likeness (QED) is 0.875. The maximum absolute atomic E-state index is 10.6. The second kappa shape index (κ2) is 4.34. The van der Waals surface area contributed by atoms with Gasteiger partial charge in [-0.05, 0) is 17.7 Å². The first-order chi connectivity index (χ1) is 5.97. The molecule has 1 aromatic carbocycles. The maximum Gasteiger partial charge on any atom is 0.266 e. The lowest BCUT2D eigenvalue weighted by molar-refractivity contribution is 0.295. The fraction of sp³-hybridized carbons (Fsp3) is 0.143. The summed E-state index contributed by atoms with van der Waals surface area (Å²) in [6.45, 7) is -0.0145. The Balaban J connectivity index is 2.65. The van der Waals surface area contributed by atoms with Gasteiger partial charge in [0.2, 0.25) is 0 Å². The van der Waals surface area contributed by atoms with Crippen LogP contribution in [0.1, 0.15) is 5.56 Å². The molecule has 3 nitrogen and oxygen atoms in total. The summed E-state index contributed by atoms with van der Waals surface area (Å²) in [4.78, 5) is 0. The summed E-state index contributed by atoms with van der Waals surface area (Å²) < 4.78 is 23.7. The highest BCUT2D eigenvalue weighted by atomic mass is 35.5. The van der Waals surface area contributed by atoms with Crippen molar-refractivity contribution in [1.29, 1.82) is 0 Å². The van der Waals surface area contributed by atoms with Crippen LogP contribution >= 0.6 is 11.6 Å². The summed E-state index contributed by atoms with van der Waals surface area (Å²) in [5.41, 5.74) is 0.708. The lowest BCUT2D eigenvalue weighted by Crippen LogP contribution is -2.01. The lowest BCUT2D eigenvalue weighted by atomic mass is 10.2. The molecule has 6 heteroatoms. The number of rotatable bonds is 3. The van der Waals surface area contributed by atoms with E-state index in [0.29, 0.717) is 10.6 Å². The molecule has 72 valence electrons. The van der Waals surface area contributed by atoms with Crippen molar-refractivity contribution in [3.05, 3.63) is 34.9 Å². The van der Waals surface area contributed by atoms with Gasteiger partial charge >= 0.3 is 0 Å². The third kappa shape index (κ3) is 4.54. The summed E-state index contributed by atoms with van der Waals surface area (Å²) in [5.74, 6) is 0. The predicted molar refractivity (Wildman–Crippen MR) is 54.4 cm³/mol. The fourth-order valence-electron chi connectivity index (χ4n) is 0.769. The minimum absolute atomic E-state index is 0.0145. The van der Waals surface area contributed by atoms with E-state index in [-0.39, 0.29) is 6.61 Å². The molecule has 0 bridgehead atoms. The van der Waals surface area contributed by atoms with Gasteiger partial charge in [-0.25, -0.2) is 0 Å². The van der Waals surface area contributed by atoms with E-state index in [0.717, 1.165) is 0 Å². The van der Waals surface area contributed by atoms with Gasteiger partial charge in [0.1, 0.15) is 0 Å². The number of hydrogen-bond donors (Lipinski definition) is 1. The topological polar surface area (TPSA) is 46.5 Å². The Morgan fingerprint density at radius 2 is 2.31 bits per heavy atom. The zero-order chi connectivity index (χ0) is 9.90. The van der Waals surface area contributed by atoms with Gasteiger partial charge in [0.05, 0.1) is 6.61 Å². The summed E-state index contributed by atoms with van der Waals surface area (Å²) >= 11 is 9.82. The second-order valence-electron chi connectivity index (χ2n) is 2.32. The molecular formula is C7H7ClO3S2. The molecule has 13 heavy (non-hydrogen) atoms. The monoisotopic (exact) mass is 238 g/mol. The van der Waals surface area contributed by atoms with Gasteiger partial charge in [0.25, 0.3) is 9.05 Å². The molecule has 1 unspecified atom stereocenters. The smallest absolute Gasteiger partial charge is 0.266 e. The average molecular weight is 239 g/mol. The first-order valence-corrected chi connectivity index (χ1v) is 6.08. The zero-order valence-electron chi connectivity index (χ0n) is 6.47. The summed E-state index contributed by atoms with van der Waals surface area (Å²) in [5, 5.41) is 0.551. The highest BCUT2D eigenvalue weighted by Crippen LogP contribution is 2.11. The maximum atomic E-state index is 10.6. The van der Waals surface area contributed by atoms with Crippen LogP contribution in [0, 0.1) is 0 Å². The minimum Gasteiger partial charge on any atom is -0.285 e. The molecule has 1 N–H and O–H groups in total. The third-order valence-corrected chi connectivity index (χ3v) is 2.20. The molecule has 0 saturated heterocycles. The average Bonchev–Trinajstić information content (AvgIpc) is 2.00. The van der Waals surface area contributed by atoms with E-state index in [4.69, 9.17) is 16.2 Å². The van der Waals surface area contributed by atoms with Crippen molar-refractivity contribution < 1.29 is 12.9 Å². The normalized spacial score (nSPS) is 15.2. The van der Waals surface area contributed by atoms with Crippen LogP contribution in [0.5, 0.6) is 0 Å². The molecule has 0 aliphatic carbocycles. The molecule has 0 radical (unpaired) electrons. The molecule has 0 spiro atoms. The van der Waals surface area contributed by atoms with E-state index in [2.05, 4.69) is 15.4 Å². The van der Waals surface area contributed by atoms with Crippen LogP contribution in [0.2, 0.25) is 5.02 Å². The van der Waals surface area contributed by atoms with Crippen LogP contribution in [0.3, 0.4) is 0 Å². The molecule has 0 aliphatic heterocycles. The minimum atomic E-state index is -3.54. The van der Waals surface area contributed by atoms with E-state index in [9.17, 15) is 4.21 Å². The Labute approximate surface area is 86.4 Å². The number of halogens is 1. The van der Waals surface area contributed by atoms with E-state index >= 15 is 0 Å². The largest absolute Gasteiger partial charge is 0.285 e. The zero-order valence-corrected chi connectivity index (χ0v) is 8.86. The fourth-order valence-corrected chi connectivity index (χ4v) is 1.41. The highest BCUT2D eigenvalue weighted by molar-refractivity contribution is 8.27. The third-order valence-electron chi connectivity index (χ3n) is 1.26. The Morgan fingerprint density at radius 1 is 1.62 bits per heavy atom. The van der Waals surface area contributed by atoms with Crippen LogP contribution in [-0.4, -0.2) is 8.76 Å². The van der Waals surface area contributed by atoms with Crippen LogP contribution < -0.4 is 0 Å². The van der Waals surface area contributed by atoms with Crippen molar-refractivity contribution in [1.82, 2.24) is 0 Å². The Hall–Kier alpha value is -0.200. The summed E-state index contributed by atoms with van der Waals surface area (Å²) in [6.07, 6.45) is 0. The van der Waals surface area contributed by atoms with Gasteiger partial charge in [-0.1, -0.05) is 23.7 Å². The van der Waals surface area contributed by atoms with Crippen molar-refractivity contribution in [2.45, 2.75) is 6.61 Å². The van der Waals surface area contributed by atoms with E-state index < -0.39 is 9.05 Å². The van der Waals surface area contributed by atoms with Crippen molar-refractivity contribution in [2.75, 3.05) is 0 Å². The van der Waals surface area contributed by atoms with Crippen LogP contribution in [0.15, 0.2) is 24.3 Å². The van der Waals surface area contributed by atoms with Gasteiger partial charge in [-0.2, -0.15) is 4.21 Å². The summed E-state index contributed by atoms with van der Waals surface area (Å²) in [6, 6.07) is 6.80. The van der Waals surface area contributed by atoms with E-state index in [1.807, 2.05) is 0 Å². The molecule has 0 aromatic heterocycles. The van der Waals surface area contributed by atoms with Gasteiger partial charge in [-0.3, -0.25) is 8.74 Å². The molecule has 0 saturated carbocycles. The Morgan fingerprint density at radius 3 is 2.85 bits per heavy atom. The van der Waals surface area contributed by atoms with E-state index in [1.165, 1.54) is 0 Å². The molecule has 0 aliphatic rings. The Kier molecular flexibility index (Phi) is 3.63. The predicted octanol–water partition coefficient (Wildman–Crippen LogP) is 1.99. The first kappa shape index (κ1) is 10.9. The van der Waals surface area contributed by atoms with Crippen molar-refractivity contribution in [3.8, 4) is 0 Å². The Bertz CT molecular complexity index is 388. The molecular weight excluding hydrogens is 232 g/mol. The molecule has 0 fully saturated rings. The van der Waals surface area contributed by atoms with Gasteiger partial charge < -0.3 is 0 Å². The number of benzene rings is 1. The van der Waals surface area contributed by atoms with Gasteiger partial charge in [-0.15, -0.1) is 0 Å². The first-order valence-electron chi connectivity index (χ1n) is 3.34. The van der Waals surface area contributed by atoms with Crippen molar-refractivity contribution >= 4 is 31.8 Å². The highest BCUT2D eigenvalue weighted by Gasteiger charge is 2.00. The molecule has 0 heterocycles. The van der Waals surface area contributed by atoms with Crippen LogP contribution in [0.4, 0.5) is 0 Å². The van der Waals surface area contributed by atoms with Crippen LogP contribution in [-0.2, 0) is 31.0 Å². The second-order valence-corrected chi connectivity index (χ2v) is 5.11. The standard InChI is InChI=1S/C7H7ClO3S2/c8-7-3-1-2-6(4-7)5-11-13(9,10)12/h1-4H,5H2,(H,9,10,12). The number of hydrogen-bond acceptors (Lipinski definition) is 3. The van der Waals surface area contributed by atoms with Gasteiger partial charge in [0.15, 0.2) is 0 Å². The molecule has 1 atom stereocenters. The van der Waals surface area contributed by atoms with Gasteiger partial charge in [0, 0.05) is 16.2 Å². The van der Waals surface area contributed by atoms with E-state index in [1.54, 1.807) is 24.3 Å². The molecule has 0 amide bonds. The molecule has 1 rings (SSSR count). The molecule has 1 aromatic rings. The van der Waals surface area contributed by atoms with Crippen molar-refractivity contribution in [2.24, 2.45) is 0 Å². The van der Waals surface area contributed by atoms with Crippen LogP contribution in [0.25, 0.3) is 0 Å². The SMILES string of the molecule is O=S(O)(=S)OCc1cccc(Cl)c1. The van der Waals surface area contributed by atoms with Crippen molar-refractivity contribution in [3.63, 3.8) is 0 Å².